The fourth-order valence-electron chi connectivity index (χ4n) is 0.991. The van der Waals surface area contributed by atoms with Crippen molar-refractivity contribution in [3.05, 3.63) is 35.4 Å². The predicted octanol–water partition coefficient (Wildman–Crippen LogP) is -2.15. The van der Waals surface area contributed by atoms with Gasteiger partial charge in [0.05, 0.1) is 0 Å². The molecule has 2 nitrogen and oxygen atoms in total. The van der Waals surface area contributed by atoms with Gasteiger partial charge in [0.25, 0.3) is 0 Å². The number of carboxylic acid groups (broad SMARTS) is 1. The van der Waals surface area contributed by atoms with E-state index in [0.29, 0.717) is 0 Å². The van der Waals surface area contributed by atoms with Gasteiger partial charge in [-0.25, -0.2) is 0 Å². The second kappa shape index (κ2) is 5.11. The van der Waals surface area contributed by atoms with Gasteiger partial charge in [-0.1, -0.05) is 36.8 Å². The van der Waals surface area contributed by atoms with Gasteiger partial charge in [-0.3, -0.25) is 0 Å². The van der Waals surface area contributed by atoms with E-state index in [1.54, 1.807) is 6.92 Å². The Bertz CT molecular complexity index is 279. The average Bonchev–Trinajstić information content (AvgIpc) is 2.04. The van der Waals surface area contributed by atoms with Crippen LogP contribution in [-0.4, -0.2) is 5.97 Å². The van der Waals surface area contributed by atoms with Crippen LogP contribution in [0.3, 0.4) is 0 Å². The SMILES string of the molecule is Cc1ccc(C(C)C(=O)[O-])cc1.[Li+]. The van der Waals surface area contributed by atoms with E-state index in [0.717, 1.165) is 11.1 Å². The van der Waals surface area contributed by atoms with Crippen LogP contribution in [0, 0.1) is 6.92 Å². The quantitative estimate of drug-likeness (QED) is 0.475. The van der Waals surface area contributed by atoms with Crippen LogP contribution in [0.4, 0.5) is 0 Å². The van der Waals surface area contributed by atoms with E-state index >= 15 is 0 Å². The maximum absolute atomic E-state index is 10.5. The Morgan fingerprint density at radius 3 is 2.15 bits per heavy atom. The van der Waals surface area contributed by atoms with Crippen LogP contribution in [-0.2, 0) is 4.79 Å². The number of rotatable bonds is 2. The zero-order valence-electron chi connectivity index (χ0n) is 8.20. The topological polar surface area (TPSA) is 40.1 Å². The molecule has 0 N–H and O–H groups in total. The maximum Gasteiger partial charge on any atom is 1.00 e. The Morgan fingerprint density at radius 2 is 1.77 bits per heavy atom. The van der Waals surface area contributed by atoms with Crippen molar-refractivity contribution in [1.82, 2.24) is 0 Å². The zero-order valence-corrected chi connectivity index (χ0v) is 8.20. The van der Waals surface area contributed by atoms with Gasteiger partial charge in [0.1, 0.15) is 0 Å². The smallest absolute Gasteiger partial charge is 0.550 e. The van der Waals surface area contributed by atoms with E-state index < -0.39 is 11.9 Å². The molecule has 0 radical (unpaired) electrons. The molecule has 1 unspecified atom stereocenters. The summed E-state index contributed by atoms with van der Waals surface area (Å²) in [5, 5.41) is 10.5. The number of carbonyl (C=O) groups excluding carboxylic acids is 1. The molecule has 0 saturated heterocycles. The minimum atomic E-state index is -1.03. The number of aryl methyl sites for hydroxylation is 1. The van der Waals surface area contributed by atoms with Gasteiger partial charge in [-0.05, 0) is 12.5 Å². The van der Waals surface area contributed by atoms with Crippen molar-refractivity contribution < 1.29 is 28.8 Å². The number of hydrogen-bond donors (Lipinski definition) is 0. The molecular formula is C10H11LiO2. The summed E-state index contributed by atoms with van der Waals surface area (Å²) in [5.74, 6) is -1.55. The molecule has 0 heterocycles. The van der Waals surface area contributed by atoms with Crippen LogP contribution in [0.1, 0.15) is 24.0 Å². The molecule has 0 amide bonds. The summed E-state index contributed by atoms with van der Waals surface area (Å²) in [6.45, 7) is 3.59. The largest absolute Gasteiger partial charge is 1.00 e. The molecular weight excluding hydrogens is 159 g/mol. The second-order valence-corrected chi connectivity index (χ2v) is 2.95. The van der Waals surface area contributed by atoms with Gasteiger partial charge in [0.15, 0.2) is 0 Å². The van der Waals surface area contributed by atoms with Gasteiger partial charge in [0, 0.05) is 11.9 Å². The van der Waals surface area contributed by atoms with Crippen LogP contribution in [0.5, 0.6) is 0 Å². The van der Waals surface area contributed by atoms with Gasteiger partial charge in [0.2, 0.25) is 0 Å². The molecule has 13 heavy (non-hydrogen) atoms. The molecule has 0 aliphatic rings. The number of carboxylic acids is 1. The number of hydrogen-bond acceptors (Lipinski definition) is 2. The molecule has 1 aromatic rings. The first-order chi connectivity index (χ1) is 5.61. The molecule has 0 aliphatic heterocycles. The summed E-state index contributed by atoms with van der Waals surface area (Å²) in [6.07, 6.45) is 0. The second-order valence-electron chi connectivity index (χ2n) is 2.95. The third-order valence-corrected chi connectivity index (χ3v) is 1.93. The van der Waals surface area contributed by atoms with Crippen molar-refractivity contribution in [2.24, 2.45) is 0 Å². The fraction of sp³-hybridized carbons (Fsp3) is 0.300. The molecule has 0 aliphatic carbocycles. The Balaban J connectivity index is 0.00000144. The normalized spacial score (nSPS) is 11.5. The van der Waals surface area contributed by atoms with Crippen LogP contribution in [0.25, 0.3) is 0 Å². The molecule has 1 atom stereocenters. The van der Waals surface area contributed by atoms with Crippen molar-refractivity contribution in [2.75, 3.05) is 0 Å². The first kappa shape index (κ1) is 12.3. The Hall–Kier alpha value is -0.713. The minimum Gasteiger partial charge on any atom is -0.550 e. The van der Waals surface area contributed by atoms with Crippen LogP contribution in [0.2, 0.25) is 0 Å². The Kier molecular flexibility index (Phi) is 4.83. The van der Waals surface area contributed by atoms with Crippen molar-refractivity contribution in [3.8, 4) is 0 Å². The third-order valence-electron chi connectivity index (χ3n) is 1.93. The van der Waals surface area contributed by atoms with E-state index in [-0.39, 0.29) is 18.9 Å². The first-order valence-corrected chi connectivity index (χ1v) is 3.88. The van der Waals surface area contributed by atoms with E-state index in [1.165, 1.54) is 0 Å². The first-order valence-electron chi connectivity index (χ1n) is 3.88. The van der Waals surface area contributed by atoms with Gasteiger partial charge in [-0.15, -0.1) is 0 Å². The third kappa shape index (κ3) is 3.26. The van der Waals surface area contributed by atoms with Crippen molar-refractivity contribution in [2.45, 2.75) is 19.8 Å². The van der Waals surface area contributed by atoms with Crippen LogP contribution >= 0.6 is 0 Å². The van der Waals surface area contributed by atoms with E-state index in [4.69, 9.17) is 0 Å². The van der Waals surface area contributed by atoms with E-state index in [1.807, 2.05) is 31.2 Å². The number of aliphatic carboxylic acids is 1. The Labute approximate surface area is 90.1 Å². The standard InChI is InChI=1S/C10H12O2.Li/c1-7-3-5-9(6-4-7)8(2)10(11)12;/h3-6,8H,1-2H3,(H,11,12);/q;+1/p-1. The van der Waals surface area contributed by atoms with Crippen LogP contribution < -0.4 is 24.0 Å². The average molecular weight is 170 g/mol. The van der Waals surface area contributed by atoms with Gasteiger partial charge < -0.3 is 9.90 Å². The number of benzene rings is 1. The monoisotopic (exact) mass is 170 g/mol. The van der Waals surface area contributed by atoms with E-state index in [9.17, 15) is 9.90 Å². The molecule has 1 rings (SSSR count). The van der Waals surface area contributed by atoms with Crippen LogP contribution in [0.15, 0.2) is 24.3 Å². The molecule has 0 aromatic heterocycles. The predicted molar refractivity (Wildman–Crippen MR) is 44.6 cm³/mol. The molecule has 0 bridgehead atoms. The van der Waals surface area contributed by atoms with Gasteiger partial charge >= 0.3 is 18.9 Å². The maximum atomic E-state index is 10.5. The molecule has 0 saturated carbocycles. The minimum absolute atomic E-state index is 0. The molecule has 3 heteroatoms. The zero-order chi connectivity index (χ0) is 9.14. The number of carbonyl (C=O) groups is 1. The molecule has 64 valence electrons. The van der Waals surface area contributed by atoms with Crippen molar-refractivity contribution in [3.63, 3.8) is 0 Å². The fourth-order valence-corrected chi connectivity index (χ4v) is 0.991. The Morgan fingerprint density at radius 1 is 1.31 bits per heavy atom. The molecule has 0 spiro atoms. The summed E-state index contributed by atoms with van der Waals surface area (Å²) >= 11 is 0. The van der Waals surface area contributed by atoms with Crippen molar-refractivity contribution in [1.29, 1.82) is 0 Å². The summed E-state index contributed by atoms with van der Waals surface area (Å²) in [7, 11) is 0. The van der Waals surface area contributed by atoms with Gasteiger partial charge in [-0.2, -0.15) is 0 Å². The molecule has 1 aromatic carbocycles. The summed E-state index contributed by atoms with van der Waals surface area (Å²) < 4.78 is 0. The van der Waals surface area contributed by atoms with Crippen molar-refractivity contribution >= 4 is 5.97 Å². The summed E-state index contributed by atoms with van der Waals surface area (Å²) in [6, 6.07) is 7.43. The summed E-state index contributed by atoms with van der Waals surface area (Å²) in [5.41, 5.74) is 1.92. The van der Waals surface area contributed by atoms with E-state index in [2.05, 4.69) is 0 Å². The summed E-state index contributed by atoms with van der Waals surface area (Å²) in [4.78, 5) is 10.5. The molecule has 0 fully saturated rings.